The molecule has 0 saturated carbocycles. The van der Waals surface area contributed by atoms with Gasteiger partial charge in [0.1, 0.15) is 0 Å². The molecule has 1 aromatic heterocycles. The highest BCUT2D eigenvalue weighted by Gasteiger charge is 2.12. The SMILES string of the molecule is CC(C)CC(C)N(C)c1ccc([C@@H](C)N)nc1. The molecule has 0 bridgehead atoms. The van der Waals surface area contributed by atoms with Crippen LogP contribution in [0.3, 0.4) is 0 Å². The summed E-state index contributed by atoms with van der Waals surface area (Å²) in [7, 11) is 2.12. The summed E-state index contributed by atoms with van der Waals surface area (Å²) in [6, 6.07) is 4.64. The van der Waals surface area contributed by atoms with Crippen LogP contribution in [0.1, 0.15) is 45.9 Å². The third-order valence-electron chi connectivity index (χ3n) is 3.12. The van der Waals surface area contributed by atoms with E-state index in [1.165, 1.54) is 6.42 Å². The van der Waals surface area contributed by atoms with Crippen LogP contribution < -0.4 is 10.6 Å². The smallest absolute Gasteiger partial charge is 0.0569 e. The zero-order valence-corrected chi connectivity index (χ0v) is 11.6. The van der Waals surface area contributed by atoms with Gasteiger partial charge in [-0.15, -0.1) is 0 Å². The molecule has 0 radical (unpaired) electrons. The maximum absolute atomic E-state index is 5.79. The molecule has 0 amide bonds. The zero-order valence-electron chi connectivity index (χ0n) is 11.6. The van der Waals surface area contributed by atoms with E-state index in [9.17, 15) is 0 Å². The van der Waals surface area contributed by atoms with E-state index in [1.54, 1.807) is 0 Å². The lowest BCUT2D eigenvalue weighted by atomic mass is 10.0. The predicted octanol–water partition coefficient (Wildman–Crippen LogP) is 2.97. The van der Waals surface area contributed by atoms with Crippen LogP contribution in [0.2, 0.25) is 0 Å². The van der Waals surface area contributed by atoms with Crippen LogP contribution in [0, 0.1) is 5.92 Å². The Morgan fingerprint density at radius 1 is 1.24 bits per heavy atom. The molecule has 0 saturated heterocycles. The molecule has 2 N–H and O–H groups in total. The van der Waals surface area contributed by atoms with Crippen LogP contribution in [0.15, 0.2) is 18.3 Å². The van der Waals surface area contributed by atoms with Crippen LogP contribution >= 0.6 is 0 Å². The van der Waals surface area contributed by atoms with Crippen molar-refractivity contribution in [3.8, 4) is 0 Å². The minimum absolute atomic E-state index is 0.00226. The van der Waals surface area contributed by atoms with E-state index in [-0.39, 0.29) is 6.04 Å². The summed E-state index contributed by atoms with van der Waals surface area (Å²) in [5.74, 6) is 0.712. The summed E-state index contributed by atoms with van der Waals surface area (Å²) >= 11 is 0. The van der Waals surface area contributed by atoms with Gasteiger partial charge >= 0.3 is 0 Å². The standard InChI is InChI=1S/C14H25N3/c1-10(2)8-11(3)17(5)13-6-7-14(12(4)15)16-9-13/h6-7,9-12H,8,15H2,1-5H3/t11?,12-/m1/s1. The number of nitrogens with two attached hydrogens (primary N) is 1. The van der Waals surface area contributed by atoms with Crippen molar-refractivity contribution in [3.63, 3.8) is 0 Å². The Hall–Kier alpha value is -1.09. The van der Waals surface area contributed by atoms with Gasteiger partial charge in [0.25, 0.3) is 0 Å². The van der Waals surface area contributed by atoms with E-state index in [0.717, 1.165) is 11.4 Å². The van der Waals surface area contributed by atoms with Crippen LogP contribution in [0.5, 0.6) is 0 Å². The summed E-state index contributed by atoms with van der Waals surface area (Å²) in [5, 5.41) is 0. The summed E-state index contributed by atoms with van der Waals surface area (Å²) in [4.78, 5) is 6.67. The summed E-state index contributed by atoms with van der Waals surface area (Å²) < 4.78 is 0. The minimum atomic E-state index is 0.00226. The molecule has 3 nitrogen and oxygen atoms in total. The molecule has 0 aliphatic carbocycles. The lowest BCUT2D eigenvalue weighted by Crippen LogP contribution is -2.30. The topological polar surface area (TPSA) is 42.1 Å². The Morgan fingerprint density at radius 2 is 1.88 bits per heavy atom. The van der Waals surface area contributed by atoms with Gasteiger partial charge in [0.15, 0.2) is 0 Å². The Bertz CT molecular complexity index is 330. The normalized spacial score (nSPS) is 14.8. The fourth-order valence-electron chi connectivity index (χ4n) is 1.97. The molecule has 0 spiro atoms. The molecular formula is C14H25N3. The fraction of sp³-hybridized carbons (Fsp3) is 0.643. The van der Waals surface area contributed by atoms with E-state index >= 15 is 0 Å². The van der Waals surface area contributed by atoms with Crippen molar-refractivity contribution in [2.45, 2.75) is 46.2 Å². The molecule has 1 rings (SSSR count). The maximum atomic E-state index is 5.79. The van der Waals surface area contributed by atoms with Crippen LogP contribution in [-0.2, 0) is 0 Å². The van der Waals surface area contributed by atoms with Gasteiger partial charge in [0, 0.05) is 19.1 Å². The number of hydrogen-bond acceptors (Lipinski definition) is 3. The largest absolute Gasteiger partial charge is 0.371 e. The van der Waals surface area contributed by atoms with E-state index in [2.05, 4.69) is 43.8 Å². The summed E-state index contributed by atoms with van der Waals surface area (Å²) in [5.41, 5.74) is 7.89. The van der Waals surface area contributed by atoms with E-state index in [1.807, 2.05) is 19.2 Å². The highest BCUT2D eigenvalue weighted by molar-refractivity contribution is 5.44. The van der Waals surface area contributed by atoms with E-state index in [0.29, 0.717) is 12.0 Å². The molecule has 0 aliphatic rings. The quantitative estimate of drug-likeness (QED) is 0.853. The molecule has 3 heteroatoms. The first-order chi connectivity index (χ1) is 7.91. The Kier molecular flexibility index (Phi) is 4.94. The molecule has 0 aliphatic heterocycles. The summed E-state index contributed by atoms with van der Waals surface area (Å²) in [6.45, 7) is 8.70. The van der Waals surface area contributed by atoms with Crippen molar-refractivity contribution in [1.29, 1.82) is 0 Å². The van der Waals surface area contributed by atoms with Crippen molar-refractivity contribution in [2.24, 2.45) is 11.7 Å². The van der Waals surface area contributed by atoms with Crippen molar-refractivity contribution in [3.05, 3.63) is 24.0 Å². The van der Waals surface area contributed by atoms with Gasteiger partial charge in [-0.1, -0.05) is 13.8 Å². The second-order valence-corrected chi connectivity index (χ2v) is 5.32. The monoisotopic (exact) mass is 235 g/mol. The predicted molar refractivity (Wildman–Crippen MR) is 74.2 cm³/mol. The number of anilines is 1. The fourth-order valence-corrected chi connectivity index (χ4v) is 1.97. The molecule has 96 valence electrons. The van der Waals surface area contributed by atoms with Crippen molar-refractivity contribution in [2.75, 3.05) is 11.9 Å². The second-order valence-electron chi connectivity index (χ2n) is 5.32. The average molecular weight is 235 g/mol. The zero-order chi connectivity index (χ0) is 13.0. The summed E-state index contributed by atoms with van der Waals surface area (Å²) in [6.07, 6.45) is 3.10. The highest BCUT2D eigenvalue weighted by atomic mass is 15.1. The van der Waals surface area contributed by atoms with Gasteiger partial charge in [-0.25, -0.2) is 0 Å². The van der Waals surface area contributed by atoms with Crippen molar-refractivity contribution < 1.29 is 0 Å². The number of hydrogen-bond donors (Lipinski definition) is 1. The first-order valence-corrected chi connectivity index (χ1v) is 6.36. The first kappa shape index (κ1) is 14.0. The Morgan fingerprint density at radius 3 is 2.29 bits per heavy atom. The molecule has 17 heavy (non-hydrogen) atoms. The van der Waals surface area contributed by atoms with Crippen molar-refractivity contribution in [1.82, 2.24) is 4.98 Å². The number of pyridine rings is 1. The van der Waals surface area contributed by atoms with Gasteiger partial charge in [-0.2, -0.15) is 0 Å². The average Bonchev–Trinajstić information content (AvgIpc) is 2.27. The molecule has 0 fully saturated rings. The lowest BCUT2D eigenvalue weighted by Gasteiger charge is -2.28. The molecule has 1 unspecified atom stereocenters. The lowest BCUT2D eigenvalue weighted by molar-refractivity contribution is 0.504. The van der Waals surface area contributed by atoms with Gasteiger partial charge in [0.2, 0.25) is 0 Å². The molecular weight excluding hydrogens is 210 g/mol. The third-order valence-corrected chi connectivity index (χ3v) is 3.12. The first-order valence-electron chi connectivity index (χ1n) is 6.36. The maximum Gasteiger partial charge on any atom is 0.0569 e. The number of rotatable bonds is 5. The van der Waals surface area contributed by atoms with Crippen molar-refractivity contribution >= 4 is 5.69 Å². The third kappa shape index (κ3) is 4.00. The second kappa shape index (κ2) is 6.01. The molecule has 1 aromatic rings. The molecule has 2 atom stereocenters. The van der Waals surface area contributed by atoms with Crippen LogP contribution in [0.25, 0.3) is 0 Å². The van der Waals surface area contributed by atoms with E-state index < -0.39 is 0 Å². The van der Waals surface area contributed by atoms with Gasteiger partial charge < -0.3 is 10.6 Å². The molecule has 1 heterocycles. The van der Waals surface area contributed by atoms with Gasteiger partial charge in [0.05, 0.1) is 17.6 Å². The molecule has 0 aromatic carbocycles. The van der Waals surface area contributed by atoms with E-state index in [4.69, 9.17) is 5.73 Å². The Balaban J connectivity index is 2.72. The van der Waals surface area contributed by atoms with Crippen LogP contribution in [-0.4, -0.2) is 18.1 Å². The highest BCUT2D eigenvalue weighted by Crippen LogP contribution is 2.19. The number of aromatic nitrogens is 1. The number of nitrogens with zero attached hydrogens (tertiary/aromatic N) is 2. The van der Waals surface area contributed by atoms with Crippen LogP contribution in [0.4, 0.5) is 5.69 Å². The van der Waals surface area contributed by atoms with Gasteiger partial charge in [-0.05, 0) is 38.3 Å². The van der Waals surface area contributed by atoms with Gasteiger partial charge in [-0.3, -0.25) is 4.98 Å². The Labute approximate surface area is 105 Å². The minimum Gasteiger partial charge on any atom is -0.371 e.